The van der Waals surface area contributed by atoms with E-state index in [1.807, 2.05) is 24.5 Å². The second-order valence-electron chi connectivity index (χ2n) is 1.81. The van der Waals surface area contributed by atoms with Crippen LogP contribution in [0.5, 0.6) is 0 Å². The van der Waals surface area contributed by atoms with Crippen LogP contribution in [0.4, 0.5) is 0 Å². The van der Waals surface area contributed by atoms with Crippen molar-refractivity contribution in [1.29, 1.82) is 0 Å². The lowest BCUT2D eigenvalue weighted by molar-refractivity contribution is -0.140. The summed E-state index contributed by atoms with van der Waals surface area (Å²) < 4.78 is 4.26. The van der Waals surface area contributed by atoms with Crippen LogP contribution >= 0.6 is 0 Å². The molecule has 62 valence electrons. The Kier molecular flexibility index (Phi) is 6.08. The molecule has 3 nitrogen and oxygen atoms in total. The molecule has 1 rings (SSSR count). The zero-order valence-corrected chi connectivity index (χ0v) is 6.83. The fraction of sp³-hybridized carbons (Fsp3) is 0.375. The van der Waals surface area contributed by atoms with Crippen molar-refractivity contribution in [1.82, 2.24) is 4.98 Å². The first-order valence-electron chi connectivity index (χ1n) is 3.45. The Balaban J connectivity index is 0.000000183. The maximum atomic E-state index is 9.96. The molecule has 11 heavy (non-hydrogen) atoms. The lowest BCUT2D eigenvalue weighted by Gasteiger charge is -1.87. The summed E-state index contributed by atoms with van der Waals surface area (Å²) in [5, 5.41) is 0. The first-order valence-corrected chi connectivity index (χ1v) is 3.45. The average molecular weight is 155 g/mol. The van der Waals surface area contributed by atoms with Gasteiger partial charge in [-0.05, 0) is 12.1 Å². The predicted octanol–water partition coefficient (Wildman–Crippen LogP) is 1.58. The van der Waals surface area contributed by atoms with Gasteiger partial charge in [-0.1, -0.05) is 6.92 Å². The van der Waals surface area contributed by atoms with Gasteiger partial charge in [-0.25, -0.2) is 0 Å². The maximum absolute atomic E-state index is 9.96. The number of aromatic amines is 1. The van der Waals surface area contributed by atoms with Crippen LogP contribution in [-0.4, -0.2) is 18.1 Å². The number of esters is 1. The van der Waals surface area contributed by atoms with Gasteiger partial charge < -0.3 is 9.72 Å². The minimum absolute atomic E-state index is 0.157. The summed E-state index contributed by atoms with van der Waals surface area (Å²) in [5.74, 6) is -0.157. The molecule has 0 aliphatic rings. The van der Waals surface area contributed by atoms with E-state index in [9.17, 15) is 4.79 Å². The summed E-state index contributed by atoms with van der Waals surface area (Å²) in [6, 6.07) is 3.89. The van der Waals surface area contributed by atoms with Crippen molar-refractivity contribution in [2.24, 2.45) is 0 Å². The highest BCUT2D eigenvalue weighted by Crippen LogP contribution is 1.76. The number of carbonyl (C=O) groups excluding carboxylic acids is 1. The molecule has 0 spiro atoms. The van der Waals surface area contributed by atoms with Gasteiger partial charge in [0.1, 0.15) is 0 Å². The lowest BCUT2D eigenvalue weighted by atomic mass is 10.5. The molecule has 0 aliphatic carbocycles. The van der Waals surface area contributed by atoms with Gasteiger partial charge in [0.25, 0.3) is 0 Å². The van der Waals surface area contributed by atoms with E-state index in [0.29, 0.717) is 6.42 Å². The van der Waals surface area contributed by atoms with Crippen molar-refractivity contribution >= 4 is 5.97 Å². The predicted molar refractivity (Wildman–Crippen MR) is 43.1 cm³/mol. The van der Waals surface area contributed by atoms with Crippen molar-refractivity contribution in [3.63, 3.8) is 0 Å². The van der Waals surface area contributed by atoms with E-state index < -0.39 is 0 Å². The van der Waals surface area contributed by atoms with Crippen molar-refractivity contribution in [2.45, 2.75) is 13.3 Å². The number of aromatic nitrogens is 1. The Hall–Kier alpha value is -1.25. The summed E-state index contributed by atoms with van der Waals surface area (Å²) in [6.45, 7) is 1.76. The summed E-state index contributed by atoms with van der Waals surface area (Å²) >= 11 is 0. The zero-order valence-electron chi connectivity index (χ0n) is 6.83. The average Bonchev–Trinajstić information content (AvgIpc) is 2.60. The minimum atomic E-state index is -0.157. The third-order valence-electron chi connectivity index (χ3n) is 1.01. The maximum Gasteiger partial charge on any atom is 0.305 e. The highest BCUT2D eigenvalue weighted by Gasteiger charge is 1.87. The molecule has 0 unspecified atom stereocenters. The van der Waals surface area contributed by atoms with E-state index in [2.05, 4.69) is 9.72 Å². The molecule has 0 saturated carbocycles. The third-order valence-corrected chi connectivity index (χ3v) is 1.01. The van der Waals surface area contributed by atoms with Crippen molar-refractivity contribution in [3.05, 3.63) is 24.5 Å². The van der Waals surface area contributed by atoms with Gasteiger partial charge >= 0.3 is 5.97 Å². The standard InChI is InChI=1S/C4H5N.C4H8O2/c1-2-4-5-3-1;1-3-4(5)6-2/h1-5H;3H2,1-2H3. The van der Waals surface area contributed by atoms with Gasteiger partial charge in [-0.3, -0.25) is 4.79 Å². The first-order chi connectivity index (χ1) is 5.31. The molecule has 1 aromatic heterocycles. The second kappa shape index (κ2) is 6.86. The van der Waals surface area contributed by atoms with Crippen LogP contribution in [0.25, 0.3) is 0 Å². The number of hydrogen-bond donors (Lipinski definition) is 1. The number of H-pyrrole nitrogens is 1. The fourth-order valence-corrected chi connectivity index (χ4v) is 0.422. The van der Waals surface area contributed by atoms with E-state index in [4.69, 9.17) is 0 Å². The highest BCUT2D eigenvalue weighted by molar-refractivity contribution is 5.68. The van der Waals surface area contributed by atoms with Crippen molar-refractivity contribution in [2.75, 3.05) is 7.11 Å². The first kappa shape index (κ1) is 9.75. The summed E-state index contributed by atoms with van der Waals surface area (Å²) in [4.78, 5) is 12.8. The van der Waals surface area contributed by atoms with E-state index in [0.717, 1.165) is 0 Å². The van der Waals surface area contributed by atoms with E-state index in [1.165, 1.54) is 7.11 Å². The van der Waals surface area contributed by atoms with Gasteiger partial charge in [-0.2, -0.15) is 0 Å². The SMILES string of the molecule is CCC(=O)OC.c1cc[nH]c1. The van der Waals surface area contributed by atoms with Crippen LogP contribution in [0.15, 0.2) is 24.5 Å². The fourth-order valence-electron chi connectivity index (χ4n) is 0.422. The Morgan fingerprint density at radius 3 is 2.09 bits per heavy atom. The molecule has 0 amide bonds. The molecular weight excluding hydrogens is 142 g/mol. The van der Waals surface area contributed by atoms with Crippen LogP contribution in [0.2, 0.25) is 0 Å². The van der Waals surface area contributed by atoms with Crippen LogP contribution in [-0.2, 0) is 9.53 Å². The van der Waals surface area contributed by atoms with E-state index in [-0.39, 0.29) is 5.97 Å². The molecule has 3 heteroatoms. The van der Waals surface area contributed by atoms with Gasteiger partial charge in [0.15, 0.2) is 0 Å². The normalized spacial score (nSPS) is 7.82. The minimum Gasteiger partial charge on any atom is -0.469 e. The zero-order chi connectivity index (χ0) is 8.53. The van der Waals surface area contributed by atoms with Gasteiger partial charge in [-0.15, -0.1) is 0 Å². The number of rotatable bonds is 1. The van der Waals surface area contributed by atoms with Crippen LogP contribution in [0, 0.1) is 0 Å². The molecule has 0 aliphatic heterocycles. The number of ether oxygens (including phenoxy) is 1. The molecule has 0 saturated heterocycles. The van der Waals surface area contributed by atoms with Crippen LogP contribution in [0.1, 0.15) is 13.3 Å². The van der Waals surface area contributed by atoms with Gasteiger partial charge in [0, 0.05) is 18.8 Å². The molecule has 0 aromatic carbocycles. The van der Waals surface area contributed by atoms with Crippen LogP contribution in [0.3, 0.4) is 0 Å². The van der Waals surface area contributed by atoms with Gasteiger partial charge in [0.2, 0.25) is 0 Å². The number of carbonyl (C=O) groups is 1. The quantitative estimate of drug-likeness (QED) is 0.625. The summed E-state index contributed by atoms with van der Waals surface area (Å²) in [7, 11) is 1.38. The van der Waals surface area contributed by atoms with Crippen molar-refractivity contribution in [3.8, 4) is 0 Å². The monoisotopic (exact) mass is 155 g/mol. The van der Waals surface area contributed by atoms with Crippen LogP contribution < -0.4 is 0 Å². The van der Waals surface area contributed by atoms with Gasteiger partial charge in [0.05, 0.1) is 7.11 Å². The highest BCUT2D eigenvalue weighted by atomic mass is 16.5. The third kappa shape index (κ3) is 6.64. The Morgan fingerprint density at radius 2 is 2.00 bits per heavy atom. The van der Waals surface area contributed by atoms with E-state index >= 15 is 0 Å². The second-order valence-corrected chi connectivity index (χ2v) is 1.81. The molecule has 1 heterocycles. The molecule has 1 aromatic rings. The summed E-state index contributed by atoms with van der Waals surface area (Å²) in [5.41, 5.74) is 0. The smallest absolute Gasteiger partial charge is 0.305 e. The number of methoxy groups -OCH3 is 1. The Bertz CT molecular complexity index is 147. The molecule has 1 N–H and O–H groups in total. The summed E-state index contributed by atoms with van der Waals surface area (Å²) in [6.07, 6.45) is 4.22. The molecule has 0 radical (unpaired) electrons. The topological polar surface area (TPSA) is 42.1 Å². The largest absolute Gasteiger partial charge is 0.469 e. The van der Waals surface area contributed by atoms with Crippen molar-refractivity contribution < 1.29 is 9.53 Å². The Labute approximate surface area is 66.4 Å². The molecular formula is C8H13NO2. The number of hydrogen-bond acceptors (Lipinski definition) is 2. The molecule has 0 bridgehead atoms. The lowest BCUT2D eigenvalue weighted by Crippen LogP contribution is -1.94. The Morgan fingerprint density at radius 1 is 1.45 bits per heavy atom. The number of nitrogens with one attached hydrogen (secondary N) is 1. The molecule has 0 atom stereocenters. The molecule has 0 fully saturated rings. The van der Waals surface area contributed by atoms with E-state index in [1.54, 1.807) is 6.92 Å².